The van der Waals surface area contributed by atoms with Crippen molar-refractivity contribution >= 4 is 23.1 Å². The number of nitrogens with one attached hydrogen (secondary N) is 1. The van der Waals surface area contributed by atoms with Gasteiger partial charge >= 0.3 is 0 Å². The molecule has 0 saturated heterocycles. The highest BCUT2D eigenvalue weighted by Crippen LogP contribution is 2.22. The maximum atomic E-state index is 3.57. The largest absolute Gasteiger partial charge is 0.315 e. The summed E-state index contributed by atoms with van der Waals surface area (Å²) in [5, 5.41) is 5.72. The van der Waals surface area contributed by atoms with Crippen LogP contribution in [0.4, 0.5) is 0 Å². The van der Waals surface area contributed by atoms with Gasteiger partial charge in [-0.15, -0.1) is 11.3 Å². The second-order valence-electron chi connectivity index (χ2n) is 4.25. The molecule has 0 aromatic carbocycles. The molecule has 0 amide bonds. The number of thioether (sulfide) groups is 1. The van der Waals surface area contributed by atoms with Crippen LogP contribution in [0.3, 0.4) is 0 Å². The molecule has 0 bridgehead atoms. The van der Waals surface area contributed by atoms with Gasteiger partial charge in [0.15, 0.2) is 0 Å². The van der Waals surface area contributed by atoms with Gasteiger partial charge in [-0.1, -0.05) is 13.0 Å². The first-order valence-electron chi connectivity index (χ1n) is 6.24. The van der Waals surface area contributed by atoms with Gasteiger partial charge in [-0.2, -0.15) is 11.8 Å². The number of thiophene rings is 1. The average molecular weight is 272 g/mol. The lowest BCUT2D eigenvalue weighted by molar-refractivity contribution is 0.293. The maximum Gasteiger partial charge on any atom is 0.0561 e. The quantitative estimate of drug-likeness (QED) is 0.696. The Morgan fingerprint density at radius 3 is 2.88 bits per heavy atom. The van der Waals surface area contributed by atoms with E-state index in [0.29, 0.717) is 6.04 Å². The van der Waals surface area contributed by atoms with E-state index in [4.69, 9.17) is 0 Å². The molecule has 1 heterocycles. The molecule has 0 radical (unpaired) electrons. The van der Waals surface area contributed by atoms with Crippen LogP contribution in [0, 0.1) is 0 Å². The van der Waals surface area contributed by atoms with Crippen molar-refractivity contribution in [3.63, 3.8) is 0 Å². The summed E-state index contributed by atoms with van der Waals surface area (Å²) in [7, 11) is 4.30. The molecule has 0 fully saturated rings. The van der Waals surface area contributed by atoms with Crippen molar-refractivity contribution in [1.29, 1.82) is 0 Å². The van der Waals surface area contributed by atoms with Crippen LogP contribution >= 0.6 is 23.1 Å². The van der Waals surface area contributed by atoms with Crippen molar-refractivity contribution in [2.45, 2.75) is 19.4 Å². The normalized spacial score (nSPS) is 13.2. The van der Waals surface area contributed by atoms with Gasteiger partial charge in [0.25, 0.3) is 0 Å². The Bertz CT molecular complexity index is 273. The van der Waals surface area contributed by atoms with Crippen LogP contribution in [0.25, 0.3) is 0 Å². The van der Waals surface area contributed by atoms with Gasteiger partial charge in [-0.3, -0.25) is 0 Å². The van der Waals surface area contributed by atoms with Gasteiger partial charge in [0.2, 0.25) is 0 Å². The van der Waals surface area contributed by atoms with E-state index in [2.05, 4.69) is 48.7 Å². The number of hydrogen-bond acceptors (Lipinski definition) is 4. The molecular formula is C13H24N2S2. The van der Waals surface area contributed by atoms with Gasteiger partial charge in [0.05, 0.1) is 6.04 Å². The highest BCUT2D eigenvalue weighted by molar-refractivity contribution is 7.99. The summed E-state index contributed by atoms with van der Waals surface area (Å²) in [5.74, 6) is 2.50. The Morgan fingerprint density at radius 1 is 1.47 bits per heavy atom. The predicted octanol–water partition coefficient (Wildman–Crippen LogP) is 3.08. The summed E-state index contributed by atoms with van der Waals surface area (Å²) in [6.45, 7) is 4.39. The second kappa shape index (κ2) is 8.97. The first-order valence-corrected chi connectivity index (χ1v) is 8.27. The Morgan fingerprint density at radius 2 is 2.29 bits per heavy atom. The minimum absolute atomic E-state index is 0.508. The van der Waals surface area contributed by atoms with Crippen molar-refractivity contribution in [1.82, 2.24) is 10.2 Å². The van der Waals surface area contributed by atoms with Crippen LogP contribution in [0.5, 0.6) is 0 Å². The van der Waals surface area contributed by atoms with Gasteiger partial charge in [0.1, 0.15) is 0 Å². The molecule has 0 aliphatic heterocycles. The molecule has 0 aliphatic rings. The summed E-state index contributed by atoms with van der Waals surface area (Å²) >= 11 is 3.87. The minimum atomic E-state index is 0.508. The first kappa shape index (κ1) is 15.0. The first-order chi connectivity index (χ1) is 8.25. The third kappa shape index (κ3) is 5.91. The molecule has 1 atom stereocenters. The van der Waals surface area contributed by atoms with Crippen molar-refractivity contribution in [3.8, 4) is 0 Å². The monoisotopic (exact) mass is 272 g/mol. The molecule has 1 aromatic rings. The molecule has 1 aromatic heterocycles. The second-order valence-corrected chi connectivity index (χ2v) is 6.62. The molecular weight excluding hydrogens is 248 g/mol. The molecule has 17 heavy (non-hydrogen) atoms. The Labute approximate surface area is 114 Å². The fraction of sp³-hybridized carbons (Fsp3) is 0.692. The van der Waals surface area contributed by atoms with Crippen molar-refractivity contribution in [2.75, 3.05) is 38.7 Å². The molecule has 1 N–H and O–H groups in total. The van der Waals surface area contributed by atoms with Crippen LogP contribution in [0.1, 0.15) is 24.3 Å². The van der Waals surface area contributed by atoms with Gasteiger partial charge in [-0.25, -0.2) is 0 Å². The minimum Gasteiger partial charge on any atom is -0.315 e. The summed E-state index contributed by atoms with van der Waals surface area (Å²) in [6, 6.07) is 4.87. The van der Waals surface area contributed by atoms with Crippen LogP contribution in [0.2, 0.25) is 0 Å². The van der Waals surface area contributed by atoms with Crippen molar-refractivity contribution in [3.05, 3.63) is 22.4 Å². The van der Waals surface area contributed by atoms with E-state index in [9.17, 15) is 0 Å². The lowest BCUT2D eigenvalue weighted by Gasteiger charge is -2.23. The predicted molar refractivity (Wildman–Crippen MR) is 81.2 cm³/mol. The topological polar surface area (TPSA) is 15.3 Å². The molecule has 0 saturated carbocycles. The fourth-order valence-corrected chi connectivity index (χ4v) is 3.26. The van der Waals surface area contributed by atoms with Crippen molar-refractivity contribution in [2.24, 2.45) is 0 Å². The van der Waals surface area contributed by atoms with Gasteiger partial charge < -0.3 is 10.2 Å². The van der Waals surface area contributed by atoms with Crippen LogP contribution in [-0.4, -0.2) is 43.6 Å². The third-order valence-electron chi connectivity index (χ3n) is 2.68. The molecule has 4 heteroatoms. The standard InChI is InChI=1S/C13H24N2S2/c1-4-16-9-6-8-14-11-12(15(2)3)13-7-5-10-17-13/h5,7,10,12,14H,4,6,8-9,11H2,1-3H3. The highest BCUT2D eigenvalue weighted by Gasteiger charge is 2.13. The number of hydrogen-bond donors (Lipinski definition) is 1. The maximum absolute atomic E-state index is 3.57. The Hall–Kier alpha value is -0.0300. The summed E-state index contributed by atoms with van der Waals surface area (Å²) in [5.41, 5.74) is 0. The van der Waals surface area contributed by atoms with E-state index in [-0.39, 0.29) is 0 Å². The van der Waals surface area contributed by atoms with E-state index in [1.165, 1.54) is 22.8 Å². The molecule has 2 nitrogen and oxygen atoms in total. The van der Waals surface area contributed by atoms with Gasteiger partial charge in [-0.05, 0) is 50.0 Å². The van der Waals surface area contributed by atoms with Crippen LogP contribution in [-0.2, 0) is 0 Å². The van der Waals surface area contributed by atoms with E-state index >= 15 is 0 Å². The van der Waals surface area contributed by atoms with Crippen molar-refractivity contribution < 1.29 is 0 Å². The molecule has 98 valence electrons. The molecule has 1 unspecified atom stereocenters. The van der Waals surface area contributed by atoms with Gasteiger partial charge in [0, 0.05) is 11.4 Å². The fourth-order valence-electron chi connectivity index (χ4n) is 1.70. The summed E-state index contributed by atoms with van der Waals surface area (Å²) < 4.78 is 0. The van der Waals surface area contributed by atoms with E-state index < -0.39 is 0 Å². The zero-order valence-corrected chi connectivity index (χ0v) is 12.7. The zero-order valence-electron chi connectivity index (χ0n) is 11.1. The number of rotatable bonds is 9. The lowest BCUT2D eigenvalue weighted by Crippen LogP contribution is -2.31. The van der Waals surface area contributed by atoms with Crippen LogP contribution < -0.4 is 5.32 Å². The van der Waals surface area contributed by atoms with Crippen LogP contribution in [0.15, 0.2) is 17.5 Å². The third-order valence-corrected chi connectivity index (χ3v) is 4.64. The smallest absolute Gasteiger partial charge is 0.0561 e. The summed E-state index contributed by atoms with van der Waals surface area (Å²) in [4.78, 5) is 3.74. The zero-order chi connectivity index (χ0) is 12.5. The Balaban J connectivity index is 2.22. The average Bonchev–Trinajstić information content (AvgIpc) is 2.81. The molecule has 0 aliphatic carbocycles. The summed E-state index contributed by atoms with van der Waals surface area (Å²) in [6.07, 6.45) is 1.27. The van der Waals surface area contributed by atoms with E-state index in [1.54, 1.807) is 0 Å². The Kier molecular flexibility index (Phi) is 7.93. The highest BCUT2D eigenvalue weighted by atomic mass is 32.2. The molecule has 1 rings (SSSR count). The van der Waals surface area contributed by atoms with E-state index in [1.807, 2.05) is 23.1 Å². The molecule has 0 spiro atoms. The van der Waals surface area contributed by atoms with E-state index in [0.717, 1.165) is 13.1 Å². The lowest BCUT2D eigenvalue weighted by atomic mass is 10.2. The number of nitrogens with zero attached hydrogens (tertiary/aromatic N) is 1. The SMILES string of the molecule is CCSCCCNCC(c1cccs1)N(C)C. The number of likely N-dealkylation sites (N-methyl/N-ethyl adjacent to an activating group) is 1.